The highest BCUT2D eigenvalue weighted by Crippen LogP contribution is 2.29. The van der Waals surface area contributed by atoms with Crippen molar-refractivity contribution < 1.29 is 19.1 Å². The number of amides is 2. The predicted molar refractivity (Wildman–Crippen MR) is 135 cm³/mol. The van der Waals surface area contributed by atoms with Crippen LogP contribution in [0.3, 0.4) is 0 Å². The van der Waals surface area contributed by atoms with Crippen LogP contribution in [0.25, 0.3) is 0 Å². The van der Waals surface area contributed by atoms with Gasteiger partial charge < -0.3 is 26.5 Å². The van der Waals surface area contributed by atoms with Crippen LogP contribution >= 0.6 is 11.8 Å². The van der Waals surface area contributed by atoms with E-state index in [9.17, 15) is 14.4 Å². The summed E-state index contributed by atoms with van der Waals surface area (Å²) in [7, 11) is 1.84. The highest BCUT2D eigenvalue weighted by molar-refractivity contribution is 8.13. The summed E-state index contributed by atoms with van der Waals surface area (Å²) >= 11 is 1.30. The molecule has 1 fully saturated rings. The minimum Gasteiger partial charge on any atom is -0.464 e. The molecule has 0 spiro atoms. The monoisotopic (exact) mass is 491 g/mol. The van der Waals surface area contributed by atoms with Crippen LogP contribution < -0.4 is 21.8 Å². The standard InChI is InChI=1S/C24H37N5O4S/c1-3-19(20(30)17-33-23(29-25)34-15-14-26-2)27-22(32)24(12-8-5-9-13-24)28-21(31)16-18-10-6-4-7-11-18/h4,6-7,10-11,19,26H,3,5,8-9,12-17,25H2,1-2H3,(H,27,32)(H,28,31)/b29-23+. The van der Waals surface area contributed by atoms with Crippen LogP contribution in [0.4, 0.5) is 0 Å². The number of thioether (sulfide) groups is 1. The zero-order valence-corrected chi connectivity index (χ0v) is 20.9. The predicted octanol–water partition coefficient (Wildman–Crippen LogP) is 1.71. The number of hydrazone groups is 1. The SMILES string of the molecule is CCC(NC(=O)C1(NC(=O)Cc2ccccc2)CCCCC1)C(=O)CO/C(=N\N)SCCNC. The Hall–Kier alpha value is -2.59. The van der Waals surface area contributed by atoms with Crippen molar-refractivity contribution in [2.45, 2.75) is 63.5 Å². The second-order valence-corrected chi connectivity index (χ2v) is 9.44. The van der Waals surface area contributed by atoms with Gasteiger partial charge in [0.2, 0.25) is 11.8 Å². The Labute approximate surface area is 206 Å². The third-order valence-electron chi connectivity index (χ3n) is 5.85. The second-order valence-electron chi connectivity index (χ2n) is 8.39. The summed E-state index contributed by atoms with van der Waals surface area (Å²) in [6.07, 6.45) is 4.40. The quantitative estimate of drug-likeness (QED) is 0.115. The zero-order valence-electron chi connectivity index (χ0n) is 20.1. The number of benzene rings is 1. The van der Waals surface area contributed by atoms with Gasteiger partial charge in [-0.2, -0.15) is 0 Å². The van der Waals surface area contributed by atoms with Gasteiger partial charge in [0.05, 0.1) is 12.5 Å². The summed E-state index contributed by atoms with van der Waals surface area (Å²) in [5.41, 5.74) is -0.124. The molecule has 0 aliphatic heterocycles. The van der Waals surface area contributed by atoms with Crippen molar-refractivity contribution in [1.29, 1.82) is 0 Å². The van der Waals surface area contributed by atoms with Crippen molar-refractivity contribution in [3.8, 4) is 0 Å². The Kier molecular flexibility index (Phi) is 11.9. The van der Waals surface area contributed by atoms with Gasteiger partial charge in [0, 0.05) is 12.3 Å². The van der Waals surface area contributed by atoms with Gasteiger partial charge in [-0.1, -0.05) is 68.3 Å². The molecule has 0 radical (unpaired) electrons. The number of nitrogens with one attached hydrogen (secondary N) is 3. The molecule has 0 bridgehead atoms. The summed E-state index contributed by atoms with van der Waals surface area (Å²) in [4.78, 5) is 38.9. The van der Waals surface area contributed by atoms with Gasteiger partial charge >= 0.3 is 0 Å². The lowest BCUT2D eigenvalue weighted by molar-refractivity contribution is -0.137. The normalized spacial score (nSPS) is 16.4. The minimum atomic E-state index is -1.01. The van der Waals surface area contributed by atoms with Crippen LogP contribution in [-0.2, 0) is 25.5 Å². The molecule has 1 aromatic rings. The first-order valence-electron chi connectivity index (χ1n) is 11.8. The Morgan fingerprint density at radius 1 is 1.18 bits per heavy atom. The summed E-state index contributed by atoms with van der Waals surface area (Å²) in [6, 6.07) is 8.70. The lowest BCUT2D eigenvalue weighted by Crippen LogP contribution is -2.62. The van der Waals surface area contributed by atoms with E-state index in [-0.39, 0.29) is 35.9 Å². The molecular weight excluding hydrogens is 454 g/mol. The molecule has 34 heavy (non-hydrogen) atoms. The van der Waals surface area contributed by atoms with Gasteiger partial charge in [-0.3, -0.25) is 14.4 Å². The second kappa shape index (κ2) is 14.6. The maximum Gasteiger partial charge on any atom is 0.267 e. The molecule has 1 unspecified atom stereocenters. The number of Topliss-reactive ketones (excluding diaryl/α,β-unsaturated/α-hetero) is 1. The first-order valence-corrected chi connectivity index (χ1v) is 12.8. The van der Waals surface area contributed by atoms with Crippen LogP contribution in [0.1, 0.15) is 51.0 Å². The number of nitrogens with zero attached hydrogens (tertiary/aromatic N) is 1. The molecule has 2 rings (SSSR count). The summed E-state index contributed by atoms with van der Waals surface area (Å²) in [5, 5.41) is 12.7. The number of carbonyl (C=O) groups excluding carboxylic acids is 3. The van der Waals surface area contributed by atoms with E-state index in [1.54, 1.807) is 0 Å². The molecule has 1 atom stereocenters. The number of hydrogen-bond donors (Lipinski definition) is 4. The number of nitrogens with two attached hydrogens (primary N) is 1. The number of ether oxygens (including phenoxy) is 1. The van der Waals surface area contributed by atoms with Crippen molar-refractivity contribution in [2.24, 2.45) is 10.9 Å². The number of rotatable bonds is 12. The van der Waals surface area contributed by atoms with Gasteiger partial charge in [0.15, 0.2) is 12.4 Å². The Morgan fingerprint density at radius 3 is 2.50 bits per heavy atom. The molecule has 1 aliphatic rings. The van der Waals surface area contributed by atoms with Gasteiger partial charge in [-0.05, 0) is 31.9 Å². The van der Waals surface area contributed by atoms with Crippen molar-refractivity contribution in [1.82, 2.24) is 16.0 Å². The Morgan fingerprint density at radius 2 is 1.88 bits per heavy atom. The zero-order chi connectivity index (χ0) is 24.8. The number of hydrogen-bond acceptors (Lipinski definition) is 8. The third-order valence-corrected chi connectivity index (χ3v) is 6.73. The first-order chi connectivity index (χ1) is 16.4. The van der Waals surface area contributed by atoms with Crippen LogP contribution in [0, 0.1) is 0 Å². The molecule has 10 heteroatoms. The van der Waals surface area contributed by atoms with Gasteiger partial charge in [-0.25, -0.2) is 0 Å². The van der Waals surface area contributed by atoms with Crippen LogP contribution in [0.5, 0.6) is 0 Å². The van der Waals surface area contributed by atoms with Crippen LogP contribution in [-0.4, -0.2) is 60.4 Å². The van der Waals surface area contributed by atoms with E-state index in [1.165, 1.54) is 11.8 Å². The van der Waals surface area contributed by atoms with E-state index in [0.717, 1.165) is 31.4 Å². The first kappa shape index (κ1) is 27.7. The molecule has 188 valence electrons. The van der Waals surface area contributed by atoms with Crippen LogP contribution in [0.2, 0.25) is 0 Å². The summed E-state index contributed by atoms with van der Waals surface area (Å²) in [5.74, 6) is 5.26. The molecule has 9 nitrogen and oxygen atoms in total. The highest BCUT2D eigenvalue weighted by Gasteiger charge is 2.42. The molecule has 1 aromatic carbocycles. The molecule has 1 saturated carbocycles. The maximum atomic E-state index is 13.4. The van der Waals surface area contributed by atoms with E-state index in [4.69, 9.17) is 10.6 Å². The molecular formula is C24H37N5O4S. The molecule has 0 saturated heterocycles. The van der Waals surface area contributed by atoms with Crippen molar-refractivity contribution in [3.05, 3.63) is 35.9 Å². The largest absolute Gasteiger partial charge is 0.464 e. The molecule has 0 aromatic heterocycles. The maximum absolute atomic E-state index is 13.4. The molecule has 0 heterocycles. The van der Waals surface area contributed by atoms with Crippen LogP contribution in [0.15, 0.2) is 35.4 Å². The Balaban J connectivity index is 1.99. The fraction of sp³-hybridized carbons (Fsp3) is 0.583. The lowest BCUT2D eigenvalue weighted by atomic mass is 9.80. The van der Waals surface area contributed by atoms with Crippen molar-refractivity contribution in [2.75, 3.05) is 26.0 Å². The number of ketones is 1. The highest BCUT2D eigenvalue weighted by atomic mass is 32.2. The van der Waals surface area contributed by atoms with Crippen molar-refractivity contribution in [3.63, 3.8) is 0 Å². The fourth-order valence-electron chi connectivity index (χ4n) is 3.95. The third kappa shape index (κ3) is 8.64. The molecule has 5 N–H and O–H groups in total. The summed E-state index contributed by atoms with van der Waals surface area (Å²) < 4.78 is 5.46. The minimum absolute atomic E-state index is 0.201. The van der Waals surface area contributed by atoms with Gasteiger partial charge in [0.25, 0.3) is 5.23 Å². The smallest absolute Gasteiger partial charge is 0.267 e. The van der Waals surface area contributed by atoms with Crippen molar-refractivity contribution >= 4 is 34.6 Å². The van der Waals surface area contributed by atoms with E-state index < -0.39 is 11.6 Å². The molecule has 2 amide bonds. The Bertz CT molecular complexity index is 828. The van der Waals surface area contributed by atoms with E-state index in [0.29, 0.717) is 25.0 Å². The average Bonchev–Trinajstić information content (AvgIpc) is 2.85. The van der Waals surface area contributed by atoms with E-state index in [1.807, 2.05) is 44.3 Å². The van der Waals surface area contributed by atoms with E-state index in [2.05, 4.69) is 21.1 Å². The van der Waals surface area contributed by atoms with E-state index >= 15 is 0 Å². The fourth-order valence-corrected chi connectivity index (χ4v) is 4.65. The van der Waals surface area contributed by atoms with Gasteiger partial charge in [0.1, 0.15) is 5.54 Å². The molecule has 1 aliphatic carbocycles. The lowest BCUT2D eigenvalue weighted by Gasteiger charge is -2.37. The van der Waals surface area contributed by atoms with Gasteiger partial charge in [-0.15, -0.1) is 5.10 Å². The topological polar surface area (TPSA) is 135 Å². The number of carbonyl (C=O) groups is 3. The average molecular weight is 492 g/mol. The summed E-state index contributed by atoms with van der Waals surface area (Å²) in [6.45, 7) is 2.32.